The van der Waals surface area contributed by atoms with Gasteiger partial charge in [-0.2, -0.15) is 5.10 Å². The largest absolute Gasteiger partial charge is 0.465 e. The first-order chi connectivity index (χ1) is 7.72. The molecule has 2 heterocycles. The molecule has 0 aliphatic carbocycles. The number of halogens is 1. The molecule has 2 aromatic rings. The van der Waals surface area contributed by atoms with Gasteiger partial charge >= 0.3 is 5.97 Å². The predicted octanol–water partition coefficient (Wildman–Crippen LogP) is 1.65. The summed E-state index contributed by atoms with van der Waals surface area (Å²) in [6.07, 6.45) is 1.63. The zero-order chi connectivity index (χ0) is 11.5. The molecule has 0 aromatic carbocycles. The summed E-state index contributed by atoms with van der Waals surface area (Å²) in [6, 6.07) is 3.57. The van der Waals surface area contributed by atoms with Crippen LogP contribution in [-0.4, -0.2) is 27.3 Å². The third-order valence-electron chi connectivity index (χ3n) is 2.04. The number of carbonyl (C=O) groups is 1. The molecule has 0 unspecified atom stereocenters. The highest BCUT2D eigenvalue weighted by atomic mass is 35.5. The lowest BCUT2D eigenvalue weighted by Gasteiger charge is -2.02. The highest BCUT2D eigenvalue weighted by Gasteiger charge is 2.12. The van der Waals surface area contributed by atoms with E-state index in [-0.39, 0.29) is 12.5 Å². The van der Waals surface area contributed by atoms with E-state index in [1.54, 1.807) is 25.3 Å². The van der Waals surface area contributed by atoms with Crippen LogP contribution in [0.4, 0.5) is 0 Å². The Morgan fingerprint density at radius 2 is 2.44 bits per heavy atom. The number of carbonyl (C=O) groups excluding carboxylic acids is 1. The van der Waals surface area contributed by atoms with Gasteiger partial charge in [-0.3, -0.25) is 4.79 Å². The van der Waals surface area contributed by atoms with Crippen molar-refractivity contribution in [2.24, 2.45) is 0 Å². The molecule has 0 atom stereocenters. The summed E-state index contributed by atoms with van der Waals surface area (Å²) >= 11 is 6.05. The Labute approximate surface area is 97.0 Å². The standard InChI is InChI=1S/C10H10ClN3O2/c1-2-16-8(15)6-14-9(11)7-4-3-5-12-10(7)13-14/h3-5H,2,6H2,1H3. The van der Waals surface area contributed by atoms with E-state index in [0.29, 0.717) is 17.4 Å². The van der Waals surface area contributed by atoms with Crippen LogP contribution in [0.25, 0.3) is 11.0 Å². The molecule has 0 amide bonds. The molecule has 2 aromatic heterocycles. The van der Waals surface area contributed by atoms with Gasteiger partial charge in [-0.1, -0.05) is 11.6 Å². The van der Waals surface area contributed by atoms with Crippen LogP contribution in [0.3, 0.4) is 0 Å². The molecule has 0 saturated heterocycles. The first-order valence-corrected chi connectivity index (χ1v) is 5.23. The van der Waals surface area contributed by atoms with Crippen molar-refractivity contribution in [3.63, 3.8) is 0 Å². The zero-order valence-corrected chi connectivity index (χ0v) is 9.44. The highest BCUT2D eigenvalue weighted by Crippen LogP contribution is 2.20. The minimum Gasteiger partial charge on any atom is -0.465 e. The summed E-state index contributed by atoms with van der Waals surface area (Å²) in [5, 5.41) is 5.24. The lowest BCUT2D eigenvalue weighted by molar-refractivity contribution is -0.144. The molecule has 0 saturated carbocycles. The van der Waals surface area contributed by atoms with E-state index >= 15 is 0 Å². The van der Waals surface area contributed by atoms with Crippen molar-refractivity contribution in [1.29, 1.82) is 0 Å². The van der Waals surface area contributed by atoms with E-state index in [4.69, 9.17) is 16.3 Å². The zero-order valence-electron chi connectivity index (χ0n) is 8.68. The third kappa shape index (κ3) is 1.99. The SMILES string of the molecule is CCOC(=O)Cn1nc2ncccc2c1Cl. The van der Waals surface area contributed by atoms with Gasteiger partial charge in [-0.05, 0) is 19.1 Å². The first-order valence-electron chi connectivity index (χ1n) is 4.85. The molecule has 16 heavy (non-hydrogen) atoms. The smallest absolute Gasteiger partial charge is 0.327 e. The lowest BCUT2D eigenvalue weighted by Crippen LogP contribution is -2.14. The second-order valence-electron chi connectivity index (χ2n) is 3.13. The lowest BCUT2D eigenvalue weighted by atomic mass is 10.4. The molecule has 0 aliphatic heterocycles. The average Bonchev–Trinajstić information content (AvgIpc) is 2.57. The van der Waals surface area contributed by atoms with Crippen LogP contribution in [-0.2, 0) is 16.1 Å². The molecular weight excluding hydrogens is 230 g/mol. The maximum absolute atomic E-state index is 11.3. The van der Waals surface area contributed by atoms with Gasteiger partial charge in [-0.25, -0.2) is 9.67 Å². The van der Waals surface area contributed by atoms with Crippen molar-refractivity contribution in [3.8, 4) is 0 Å². The number of esters is 1. The number of hydrogen-bond acceptors (Lipinski definition) is 4. The number of rotatable bonds is 3. The van der Waals surface area contributed by atoms with Gasteiger partial charge in [0.1, 0.15) is 11.7 Å². The minimum absolute atomic E-state index is 0.00301. The van der Waals surface area contributed by atoms with Gasteiger partial charge in [0.25, 0.3) is 0 Å². The Balaban J connectivity index is 2.31. The van der Waals surface area contributed by atoms with E-state index in [1.165, 1.54) is 4.68 Å². The van der Waals surface area contributed by atoms with Gasteiger partial charge < -0.3 is 4.74 Å². The molecule has 6 heteroatoms. The second kappa shape index (κ2) is 4.49. The summed E-state index contributed by atoms with van der Waals surface area (Å²) in [7, 11) is 0. The summed E-state index contributed by atoms with van der Waals surface area (Å²) in [4.78, 5) is 15.3. The van der Waals surface area contributed by atoms with Crippen LogP contribution in [0.2, 0.25) is 5.15 Å². The second-order valence-corrected chi connectivity index (χ2v) is 3.49. The molecule has 84 valence electrons. The Morgan fingerprint density at radius 3 is 3.12 bits per heavy atom. The summed E-state index contributed by atoms with van der Waals surface area (Å²) in [5.41, 5.74) is 0.525. The van der Waals surface area contributed by atoms with Crippen molar-refractivity contribution in [3.05, 3.63) is 23.5 Å². The monoisotopic (exact) mass is 239 g/mol. The Hall–Kier alpha value is -1.62. The summed E-state index contributed by atoms with van der Waals surface area (Å²) < 4.78 is 6.20. The van der Waals surface area contributed by atoms with Crippen molar-refractivity contribution in [1.82, 2.24) is 14.8 Å². The van der Waals surface area contributed by atoms with Crippen molar-refractivity contribution >= 4 is 28.6 Å². The number of nitrogens with zero attached hydrogens (tertiary/aromatic N) is 3. The summed E-state index contributed by atoms with van der Waals surface area (Å²) in [6.45, 7) is 2.10. The first kappa shape index (κ1) is 10.9. The number of hydrogen-bond donors (Lipinski definition) is 0. The summed E-state index contributed by atoms with van der Waals surface area (Å²) in [5.74, 6) is -0.364. The fourth-order valence-corrected chi connectivity index (χ4v) is 1.61. The van der Waals surface area contributed by atoms with E-state index in [0.717, 1.165) is 5.39 Å². The van der Waals surface area contributed by atoms with Crippen molar-refractivity contribution < 1.29 is 9.53 Å². The molecule has 0 bridgehead atoms. The third-order valence-corrected chi connectivity index (χ3v) is 2.43. The molecule has 2 rings (SSSR count). The van der Waals surface area contributed by atoms with Crippen LogP contribution < -0.4 is 0 Å². The number of pyridine rings is 1. The molecule has 0 fully saturated rings. The highest BCUT2D eigenvalue weighted by molar-refractivity contribution is 6.34. The predicted molar refractivity (Wildman–Crippen MR) is 59.2 cm³/mol. The van der Waals surface area contributed by atoms with Crippen molar-refractivity contribution in [2.45, 2.75) is 13.5 Å². The van der Waals surface area contributed by atoms with Crippen molar-refractivity contribution in [2.75, 3.05) is 6.61 Å². The van der Waals surface area contributed by atoms with E-state index in [1.807, 2.05) is 0 Å². The van der Waals surface area contributed by atoms with Crippen LogP contribution in [0.15, 0.2) is 18.3 Å². The molecule has 0 spiro atoms. The normalized spacial score (nSPS) is 10.6. The quantitative estimate of drug-likeness (QED) is 0.765. The van der Waals surface area contributed by atoms with Gasteiger partial charge in [0, 0.05) is 6.20 Å². The van der Waals surface area contributed by atoms with Gasteiger partial charge in [0.05, 0.1) is 12.0 Å². The number of ether oxygens (including phenoxy) is 1. The molecule has 0 aliphatic rings. The molecule has 5 nitrogen and oxygen atoms in total. The van der Waals surface area contributed by atoms with Crippen LogP contribution >= 0.6 is 11.6 Å². The average molecular weight is 240 g/mol. The Morgan fingerprint density at radius 1 is 1.62 bits per heavy atom. The fraction of sp³-hybridized carbons (Fsp3) is 0.300. The van der Waals surface area contributed by atoms with Crippen LogP contribution in [0.1, 0.15) is 6.92 Å². The Bertz CT molecular complexity index is 524. The molecule has 0 radical (unpaired) electrons. The molecule has 0 N–H and O–H groups in total. The Kier molecular flexibility index (Phi) is 3.05. The van der Waals surface area contributed by atoms with Crippen LogP contribution in [0.5, 0.6) is 0 Å². The topological polar surface area (TPSA) is 57.0 Å². The van der Waals surface area contributed by atoms with Gasteiger partial charge in [-0.15, -0.1) is 0 Å². The van der Waals surface area contributed by atoms with E-state index in [9.17, 15) is 4.79 Å². The van der Waals surface area contributed by atoms with Gasteiger partial charge in [0.15, 0.2) is 5.65 Å². The maximum atomic E-state index is 11.3. The van der Waals surface area contributed by atoms with E-state index in [2.05, 4.69) is 10.1 Å². The fourth-order valence-electron chi connectivity index (χ4n) is 1.37. The number of fused-ring (bicyclic) bond motifs is 1. The minimum atomic E-state index is -0.364. The van der Waals surface area contributed by atoms with E-state index < -0.39 is 0 Å². The maximum Gasteiger partial charge on any atom is 0.327 e. The molecular formula is C10H10ClN3O2. The van der Waals surface area contributed by atoms with Gasteiger partial charge in [0.2, 0.25) is 0 Å². The number of aromatic nitrogens is 3. The van der Waals surface area contributed by atoms with Crippen LogP contribution in [0, 0.1) is 0 Å².